The number of carbonyl (C=O) groups is 4. The van der Waals surface area contributed by atoms with Gasteiger partial charge in [-0.1, -0.05) is 54.5 Å². The minimum absolute atomic E-state index is 0.00215. The van der Waals surface area contributed by atoms with Crippen molar-refractivity contribution in [2.75, 3.05) is 13.2 Å². The Balaban J connectivity index is 2.60. The molecule has 2 atom stereocenters. The molecule has 0 aromatic heterocycles. The van der Waals surface area contributed by atoms with Gasteiger partial charge in [-0.25, -0.2) is 4.79 Å². The molecule has 2 aromatic rings. The summed E-state index contributed by atoms with van der Waals surface area (Å²) in [6, 6.07) is 13.9. The minimum Gasteiger partial charge on any atom is -0.466 e. The zero-order valence-electron chi connectivity index (χ0n) is 25.7. The van der Waals surface area contributed by atoms with E-state index < -0.39 is 47.1 Å². The lowest BCUT2D eigenvalue weighted by atomic mass is 9.92. The first kappa shape index (κ1) is 33.9. The molecule has 0 radical (unpaired) electrons. The summed E-state index contributed by atoms with van der Waals surface area (Å²) in [4.78, 5) is 54.7. The number of ether oxygens (including phenoxy) is 2. The van der Waals surface area contributed by atoms with Crippen LogP contribution < -0.4 is 10.6 Å². The number of esters is 1. The highest BCUT2D eigenvalue weighted by Gasteiger charge is 2.42. The van der Waals surface area contributed by atoms with Crippen LogP contribution in [0.4, 0.5) is 4.79 Å². The van der Waals surface area contributed by atoms with Gasteiger partial charge in [-0.3, -0.25) is 14.4 Å². The molecular formula is C33H43N3O6. The normalized spacial score (nSPS) is 12.7. The summed E-state index contributed by atoms with van der Waals surface area (Å²) in [5.41, 5.74) is -0.0223. The SMILES string of the molecule is C#Cc1ccccc1C(C(=O)NCCC(=O)OCC)N(C(=O)C(Cc1ccccc1)NC(=O)OC(C)(C)C)C(C)(C)C. The first-order valence-electron chi connectivity index (χ1n) is 14.0. The molecule has 0 heterocycles. The van der Waals surface area contributed by atoms with Crippen LogP contribution in [-0.4, -0.2) is 59.1 Å². The van der Waals surface area contributed by atoms with Gasteiger partial charge in [-0.15, -0.1) is 6.42 Å². The summed E-state index contributed by atoms with van der Waals surface area (Å²) in [7, 11) is 0. The summed E-state index contributed by atoms with van der Waals surface area (Å²) in [5.74, 6) is 1.13. The predicted molar refractivity (Wildman–Crippen MR) is 161 cm³/mol. The van der Waals surface area contributed by atoms with E-state index in [1.807, 2.05) is 30.3 Å². The number of rotatable bonds is 11. The maximum absolute atomic E-state index is 14.5. The van der Waals surface area contributed by atoms with E-state index in [0.29, 0.717) is 11.1 Å². The van der Waals surface area contributed by atoms with Crippen molar-refractivity contribution in [3.8, 4) is 12.3 Å². The zero-order valence-corrected chi connectivity index (χ0v) is 25.7. The van der Waals surface area contributed by atoms with Gasteiger partial charge in [-0.2, -0.15) is 0 Å². The molecule has 3 amide bonds. The van der Waals surface area contributed by atoms with E-state index in [0.717, 1.165) is 5.56 Å². The molecule has 0 saturated heterocycles. The number of carbonyl (C=O) groups excluding carboxylic acids is 4. The second-order valence-corrected chi connectivity index (χ2v) is 11.7. The van der Waals surface area contributed by atoms with E-state index in [-0.39, 0.29) is 26.0 Å². The van der Waals surface area contributed by atoms with Crippen molar-refractivity contribution in [3.63, 3.8) is 0 Å². The molecule has 0 aliphatic carbocycles. The largest absolute Gasteiger partial charge is 0.466 e. The monoisotopic (exact) mass is 577 g/mol. The van der Waals surface area contributed by atoms with Crippen LogP contribution in [0.1, 0.15) is 77.6 Å². The highest BCUT2D eigenvalue weighted by atomic mass is 16.6. The zero-order chi connectivity index (χ0) is 31.5. The smallest absolute Gasteiger partial charge is 0.408 e. The van der Waals surface area contributed by atoms with Crippen molar-refractivity contribution in [1.82, 2.24) is 15.5 Å². The molecule has 2 aromatic carbocycles. The van der Waals surface area contributed by atoms with Gasteiger partial charge in [0.1, 0.15) is 17.7 Å². The topological polar surface area (TPSA) is 114 Å². The lowest BCUT2D eigenvalue weighted by molar-refractivity contribution is -0.149. The summed E-state index contributed by atoms with van der Waals surface area (Å²) >= 11 is 0. The Morgan fingerprint density at radius 2 is 1.57 bits per heavy atom. The summed E-state index contributed by atoms with van der Waals surface area (Å²) < 4.78 is 10.4. The Bertz CT molecular complexity index is 1270. The number of terminal acetylenes is 1. The number of hydrogen-bond acceptors (Lipinski definition) is 6. The Labute approximate surface area is 249 Å². The van der Waals surface area contributed by atoms with Gasteiger partial charge in [0.05, 0.1) is 13.0 Å². The molecule has 0 aliphatic rings. The Morgan fingerprint density at radius 1 is 0.952 bits per heavy atom. The number of benzene rings is 2. The second-order valence-electron chi connectivity index (χ2n) is 11.7. The van der Waals surface area contributed by atoms with Crippen molar-refractivity contribution in [3.05, 3.63) is 71.3 Å². The molecule has 9 heteroatoms. The number of alkyl carbamates (subject to hydrolysis) is 1. The molecule has 226 valence electrons. The quantitative estimate of drug-likeness (QED) is 0.299. The van der Waals surface area contributed by atoms with E-state index in [1.165, 1.54) is 4.90 Å². The highest BCUT2D eigenvalue weighted by molar-refractivity contribution is 5.93. The van der Waals surface area contributed by atoms with Crippen molar-refractivity contribution >= 4 is 23.9 Å². The van der Waals surface area contributed by atoms with Crippen LogP contribution in [0.25, 0.3) is 0 Å². The number of nitrogens with one attached hydrogen (secondary N) is 2. The van der Waals surface area contributed by atoms with Crippen LogP contribution in [0.2, 0.25) is 0 Å². The fourth-order valence-electron chi connectivity index (χ4n) is 4.39. The first-order valence-corrected chi connectivity index (χ1v) is 14.0. The maximum atomic E-state index is 14.5. The first-order chi connectivity index (χ1) is 19.7. The Morgan fingerprint density at radius 3 is 2.14 bits per heavy atom. The number of nitrogens with zero attached hydrogens (tertiary/aromatic N) is 1. The molecule has 9 nitrogen and oxygen atoms in total. The van der Waals surface area contributed by atoms with Crippen LogP contribution in [0, 0.1) is 12.3 Å². The van der Waals surface area contributed by atoms with Gasteiger partial charge in [0.25, 0.3) is 0 Å². The summed E-state index contributed by atoms with van der Waals surface area (Å²) in [6.45, 7) is 12.5. The molecule has 0 aliphatic heterocycles. The molecule has 2 unspecified atom stereocenters. The van der Waals surface area contributed by atoms with Gasteiger partial charge in [0, 0.05) is 24.1 Å². The molecule has 42 heavy (non-hydrogen) atoms. The molecular weight excluding hydrogens is 534 g/mol. The van der Waals surface area contributed by atoms with Gasteiger partial charge in [-0.05, 0) is 65.7 Å². The molecule has 0 spiro atoms. The van der Waals surface area contributed by atoms with Crippen molar-refractivity contribution in [2.24, 2.45) is 0 Å². The summed E-state index contributed by atoms with van der Waals surface area (Å²) in [5, 5.41) is 5.51. The van der Waals surface area contributed by atoms with Gasteiger partial charge >= 0.3 is 12.1 Å². The van der Waals surface area contributed by atoms with Crippen LogP contribution >= 0.6 is 0 Å². The minimum atomic E-state index is -1.18. The third-order valence-corrected chi connectivity index (χ3v) is 6.08. The van der Waals surface area contributed by atoms with Gasteiger partial charge in [0.15, 0.2) is 0 Å². The van der Waals surface area contributed by atoms with E-state index >= 15 is 0 Å². The molecule has 0 saturated carbocycles. The van der Waals surface area contributed by atoms with E-state index in [1.54, 1.807) is 72.7 Å². The summed E-state index contributed by atoms with van der Waals surface area (Å²) in [6.07, 6.45) is 5.17. The highest BCUT2D eigenvalue weighted by Crippen LogP contribution is 2.32. The Kier molecular flexibility index (Phi) is 12.2. The number of hydrogen-bond donors (Lipinski definition) is 2. The number of amides is 3. The predicted octanol–water partition coefficient (Wildman–Crippen LogP) is 4.54. The van der Waals surface area contributed by atoms with Crippen LogP contribution in [0.15, 0.2) is 54.6 Å². The molecule has 2 N–H and O–H groups in total. The van der Waals surface area contributed by atoms with E-state index in [4.69, 9.17) is 15.9 Å². The average molecular weight is 578 g/mol. The molecule has 2 rings (SSSR count). The van der Waals surface area contributed by atoms with Crippen molar-refractivity contribution in [2.45, 2.75) is 84.5 Å². The second kappa shape index (κ2) is 15.1. The maximum Gasteiger partial charge on any atom is 0.408 e. The average Bonchev–Trinajstić information content (AvgIpc) is 2.90. The standard InChI is InChI=1S/C33H43N3O6/c1-9-24-18-14-15-19-25(24)28(29(38)34-21-20-27(37)41-10-2)36(32(3,4)5)30(39)26(22-23-16-12-11-13-17-23)35-31(40)42-33(6,7)8/h1,11-19,26,28H,10,20-22H2,2-8H3,(H,34,38)(H,35,40). The van der Waals surface area contributed by atoms with E-state index in [2.05, 4.69) is 16.6 Å². The van der Waals surface area contributed by atoms with Crippen molar-refractivity contribution < 1.29 is 28.7 Å². The van der Waals surface area contributed by atoms with Crippen LogP contribution in [0.3, 0.4) is 0 Å². The Hall–Kier alpha value is -4.32. The van der Waals surface area contributed by atoms with Gasteiger partial charge < -0.3 is 25.0 Å². The van der Waals surface area contributed by atoms with Gasteiger partial charge in [0.2, 0.25) is 11.8 Å². The fourth-order valence-corrected chi connectivity index (χ4v) is 4.39. The van der Waals surface area contributed by atoms with Crippen molar-refractivity contribution in [1.29, 1.82) is 0 Å². The molecule has 0 bridgehead atoms. The lowest BCUT2D eigenvalue weighted by Crippen LogP contribution is -2.59. The van der Waals surface area contributed by atoms with Crippen LogP contribution in [-0.2, 0) is 30.3 Å². The van der Waals surface area contributed by atoms with Crippen LogP contribution in [0.5, 0.6) is 0 Å². The third-order valence-electron chi connectivity index (χ3n) is 6.08. The third kappa shape index (κ3) is 10.3. The van der Waals surface area contributed by atoms with E-state index in [9.17, 15) is 19.2 Å². The lowest BCUT2D eigenvalue weighted by Gasteiger charge is -2.43. The molecule has 0 fully saturated rings. The fraction of sp³-hybridized carbons (Fsp3) is 0.455.